The van der Waals surface area contributed by atoms with Crippen molar-refractivity contribution in [1.29, 1.82) is 0 Å². The van der Waals surface area contributed by atoms with Crippen molar-refractivity contribution < 1.29 is 61.9 Å². The zero-order valence-electron chi connectivity index (χ0n) is 27.1. The zero-order valence-corrected chi connectivity index (χ0v) is 27.1. The van der Waals surface area contributed by atoms with Crippen LogP contribution in [-0.2, 0) is 61.9 Å². The van der Waals surface area contributed by atoms with Gasteiger partial charge in [-0.2, -0.15) is 0 Å². The number of ether oxygens (including phenoxy) is 7. The predicted molar refractivity (Wildman–Crippen MR) is 153 cm³/mol. The van der Waals surface area contributed by atoms with Crippen LogP contribution in [0.15, 0.2) is 23.3 Å². The van der Waals surface area contributed by atoms with E-state index < -0.39 is 95.0 Å². The maximum absolute atomic E-state index is 13.3. The largest absolute Gasteiger partial charge is 0.461 e. The van der Waals surface area contributed by atoms with Gasteiger partial charge in [-0.15, -0.1) is 0 Å². The van der Waals surface area contributed by atoms with E-state index in [9.17, 15) is 28.8 Å². The average Bonchev–Trinajstić information content (AvgIpc) is 3.50. The zero-order chi connectivity index (χ0) is 33.6. The van der Waals surface area contributed by atoms with Gasteiger partial charge in [-0.25, -0.2) is 4.79 Å². The lowest BCUT2D eigenvalue weighted by atomic mass is 9.56. The Morgan fingerprint density at radius 2 is 1.42 bits per heavy atom. The molecule has 13 nitrogen and oxygen atoms in total. The van der Waals surface area contributed by atoms with Gasteiger partial charge in [-0.05, 0) is 38.8 Å². The Kier molecular flexibility index (Phi) is 9.27. The molecule has 0 amide bonds. The van der Waals surface area contributed by atoms with Gasteiger partial charge in [0.1, 0.15) is 12.2 Å². The molecule has 2 aliphatic carbocycles. The first-order valence-corrected chi connectivity index (χ1v) is 15.1. The van der Waals surface area contributed by atoms with Crippen molar-refractivity contribution in [3.63, 3.8) is 0 Å². The molecule has 0 aromatic heterocycles. The van der Waals surface area contributed by atoms with Crippen molar-refractivity contribution in [2.24, 2.45) is 11.3 Å². The lowest BCUT2D eigenvalue weighted by Gasteiger charge is -2.54. The van der Waals surface area contributed by atoms with Gasteiger partial charge in [0.2, 0.25) is 0 Å². The van der Waals surface area contributed by atoms with Gasteiger partial charge in [-0.3, -0.25) is 24.0 Å². The van der Waals surface area contributed by atoms with Crippen molar-refractivity contribution in [1.82, 2.24) is 0 Å². The highest BCUT2D eigenvalue weighted by molar-refractivity contribution is 5.89. The van der Waals surface area contributed by atoms with Crippen molar-refractivity contribution in [3.8, 4) is 0 Å². The Hall–Kier alpha value is -3.74. The van der Waals surface area contributed by atoms with Crippen LogP contribution >= 0.6 is 0 Å². The molecule has 4 aliphatic rings. The summed E-state index contributed by atoms with van der Waals surface area (Å²) in [5, 5.41) is 0. The Balaban J connectivity index is 2.12. The second kappa shape index (κ2) is 12.2. The number of esters is 6. The fourth-order valence-electron chi connectivity index (χ4n) is 7.41. The summed E-state index contributed by atoms with van der Waals surface area (Å²) in [6.07, 6.45) is -3.75. The fraction of sp³-hybridized carbons (Fsp3) is 0.688. The topological polar surface area (TPSA) is 170 Å². The van der Waals surface area contributed by atoms with Crippen LogP contribution in [0.25, 0.3) is 0 Å². The van der Waals surface area contributed by atoms with Crippen LogP contribution in [0, 0.1) is 11.3 Å². The van der Waals surface area contributed by atoms with Crippen molar-refractivity contribution in [2.45, 2.75) is 129 Å². The van der Waals surface area contributed by atoms with E-state index in [-0.39, 0.29) is 18.4 Å². The third-order valence-electron chi connectivity index (χ3n) is 9.34. The van der Waals surface area contributed by atoms with Gasteiger partial charge in [-0.1, -0.05) is 25.5 Å². The smallest absolute Gasteiger partial charge is 0.342 e. The number of carbonyl (C=O) groups excluding carboxylic acids is 6. The molecule has 10 atom stereocenters. The molecule has 0 radical (unpaired) electrons. The third-order valence-corrected chi connectivity index (χ3v) is 9.34. The minimum atomic E-state index is -1.57. The first kappa shape index (κ1) is 34.1. The van der Waals surface area contributed by atoms with Gasteiger partial charge < -0.3 is 33.2 Å². The summed E-state index contributed by atoms with van der Waals surface area (Å²) in [4.78, 5) is 77.2. The van der Waals surface area contributed by atoms with Gasteiger partial charge in [0, 0.05) is 46.5 Å². The first-order chi connectivity index (χ1) is 20.9. The van der Waals surface area contributed by atoms with Gasteiger partial charge >= 0.3 is 35.8 Å². The lowest BCUT2D eigenvalue weighted by Crippen LogP contribution is -2.66. The normalized spacial score (nSPS) is 38.4. The monoisotopic (exact) mass is 634 g/mol. The number of epoxide rings is 1. The number of rotatable bonds is 7. The van der Waals surface area contributed by atoms with E-state index >= 15 is 0 Å². The minimum absolute atomic E-state index is 0.0324. The molecule has 13 heteroatoms. The second-order valence-corrected chi connectivity index (χ2v) is 12.6. The lowest BCUT2D eigenvalue weighted by molar-refractivity contribution is -0.224. The molecule has 10 unspecified atom stereocenters. The summed E-state index contributed by atoms with van der Waals surface area (Å²) in [7, 11) is 0. The molecular formula is C32H42O13. The van der Waals surface area contributed by atoms with E-state index in [2.05, 4.69) is 0 Å². The molecule has 0 saturated carbocycles. The molecule has 248 valence electrons. The summed E-state index contributed by atoms with van der Waals surface area (Å²) in [5.74, 6) is -5.17. The number of carbonyl (C=O) groups is 6. The molecule has 2 heterocycles. The van der Waals surface area contributed by atoms with Crippen LogP contribution in [0.4, 0.5) is 0 Å². The van der Waals surface area contributed by atoms with Crippen molar-refractivity contribution in [2.75, 3.05) is 0 Å². The molecule has 1 spiro atoms. The molecule has 0 bridgehead atoms. The number of hydrogen-bond acceptors (Lipinski definition) is 13. The summed E-state index contributed by atoms with van der Waals surface area (Å²) in [6.45, 7) is 13.1. The Labute approximate surface area is 261 Å². The van der Waals surface area contributed by atoms with Crippen LogP contribution in [-0.4, -0.2) is 83.6 Å². The predicted octanol–water partition coefficient (Wildman–Crippen LogP) is 2.81. The summed E-state index contributed by atoms with van der Waals surface area (Å²) < 4.78 is 41.8. The van der Waals surface area contributed by atoms with Gasteiger partial charge in [0.05, 0.1) is 5.41 Å². The molecular weight excluding hydrogens is 592 g/mol. The highest BCUT2D eigenvalue weighted by Crippen LogP contribution is 2.65. The van der Waals surface area contributed by atoms with Crippen LogP contribution in [0.2, 0.25) is 0 Å². The molecule has 0 aromatic rings. The van der Waals surface area contributed by atoms with E-state index in [0.717, 1.165) is 13.8 Å². The van der Waals surface area contributed by atoms with Crippen LogP contribution in [0.3, 0.4) is 0 Å². The summed E-state index contributed by atoms with van der Waals surface area (Å²) in [5.41, 5.74) is -3.72. The molecule has 45 heavy (non-hydrogen) atoms. The molecule has 0 aromatic carbocycles. The quantitative estimate of drug-likeness (QED) is 0.173. The highest BCUT2D eigenvalue weighted by atomic mass is 16.7. The Bertz CT molecular complexity index is 1350. The summed E-state index contributed by atoms with van der Waals surface area (Å²) >= 11 is 0. The van der Waals surface area contributed by atoms with Gasteiger partial charge in [0.15, 0.2) is 35.6 Å². The SMILES string of the molecule is CCCC(=O)OC1C(C)=CC2OC(=O)C3(C)OC23C(OC(C)=O)C2C(C)=CCC(OC(C)=O)C2(C)C(OC(C)=O)C1OC(C)=O. The summed E-state index contributed by atoms with van der Waals surface area (Å²) in [6, 6.07) is 0. The van der Waals surface area contributed by atoms with Crippen LogP contribution in [0.1, 0.15) is 81.6 Å². The first-order valence-electron chi connectivity index (χ1n) is 15.1. The molecule has 2 aliphatic heterocycles. The fourth-order valence-corrected chi connectivity index (χ4v) is 7.41. The third kappa shape index (κ3) is 5.75. The minimum Gasteiger partial charge on any atom is -0.461 e. The number of fused-ring (bicyclic) bond motifs is 1. The van der Waals surface area contributed by atoms with E-state index in [4.69, 9.17) is 33.2 Å². The van der Waals surface area contributed by atoms with Crippen molar-refractivity contribution >= 4 is 35.8 Å². The van der Waals surface area contributed by atoms with E-state index in [1.165, 1.54) is 26.8 Å². The standard InChI is InChI=1S/C32H42O13/c1-10-11-23(37)44-25-16(3)14-22-32(31(9,45-32)29(38)43-22)27(41-19(6)35)24-15(2)12-13-21(39-17(4)33)30(24,8)28(42-20(7)36)26(25)40-18(5)34/h12,14,21-22,24-28H,10-11,13H2,1-9H3. The van der Waals surface area contributed by atoms with E-state index in [0.29, 0.717) is 12.0 Å². The molecule has 2 fully saturated rings. The molecule has 4 rings (SSSR count). The van der Waals surface area contributed by atoms with Crippen LogP contribution < -0.4 is 0 Å². The second-order valence-electron chi connectivity index (χ2n) is 12.6. The molecule has 2 saturated heterocycles. The molecule has 0 N–H and O–H groups in total. The van der Waals surface area contributed by atoms with E-state index in [1.807, 2.05) is 0 Å². The number of hydrogen-bond donors (Lipinski definition) is 0. The Morgan fingerprint density at radius 3 is 1.96 bits per heavy atom. The maximum atomic E-state index is 13.3. The van der Waals surface area contributed by atoms with Gasteiger partial charge in [0.25, 0.3) is 0 Å². The Morgan fingerprint density at radius 1 is 0.844 bits per heavy atom. The van der Waals surface area contributed by atoms with E-state index in [1.54, 1.807) is 33.8 Å². The average molecular weight is 635 g/mol. The maximum Gasteiger partial charge on any atom is 0.342 e. The highest BCUT2D eigenvalue weighted by Gasteiger charge is 2.87. The van der Waals surface area contributed by atoms with Crippen LogP contribution in [0.5, 0.6) is 0 Å². The van der Waals surface area contributed by atoms with Crippen molar-refractivity contribution in [3.05, 3.63) is 23.3 Å².